The van der Waals surface area contributed by atoms with Gasteiger partial charge >= 0.3 is 5.63 Å². The number of furan rings is 1. The number of rotatable bonds is 9. The minimum atomic E-state index is -0.656. The van der Waals surface area contributed by atoms with Crippen molar-refractivity contribution in [3.63, 3.8) is 0 Å². The summed E-state index contributed by atoms with van der Waals surface area (Å²) in [5.74, 6) is 1.23. The first kappa shape index (κ1) is 25.9. The van der Waals surface area contributed by atoms with Crippen LogP contribution in [0.2, 0.25) is 0 Å². The van der Waals surface area contributed by atoms with Crippen LogP contribution in [0, 0.1) is 33.6 Å². The maximum atomic E-state index is 12.9. The topological polar surface area (TPSA) is 102 Å². The van der Waals surface area contributed by atoms with Gasteiger partial charge in [0.05, 0.1) is 17.4 Å². The number of aryl methyl sites for hydroxylation is 4. The van der Waals surface area contributed by atoms with Crippen LogP contribution in [0.3, 0.4) is 0 Å². The smallest absolute Gasteiger partial charge is 0.340 e. The monoisotopic (exact) mass is 486 g/mol. The zero-order valence-electron chi connectivity index (χ0n) is 21.0. The summed E-state index contributed by atoms with van der Waals surface area (Å²) in [6.07, 6.45) is 2.29. The summed E-state index contributed by atoms with van der Waals surface area (Å²) in [7, 11) is 0. The Morgan fingerprint density at radius 2 is 1.76 bits per heavy atom. The molecule has 0 saturated heterocycles. The van der Waals surface area contributed by atoms with Gasteiger partial charge in [-0.2, -0.15) is 11.8 Å². The maximum Gasteiger partial charge on any atom is 0.340 e. The van der Waals surface area contributed by atoms with Crippen molar-refractivity contribution in [3.05, 3.63) is 44.5 Å². The summed E-state index contributed by atoms with van der Waals surface area (Å²) in [5.41, 5.74) is 3.49. The van der Waals surface area contributed by atoms with Gasteiger partial charge in [0.2, 0.25) is 11.8 Å². The molecule has 7 nitrogen and oxygen atoms in total. The highest BCUT2D eigenvalue weighted by molar-refractivity contribution is 7.98. The predicted molar refractivity (Wildman–Crippen MR) is 138 cm³/mol. The van der Waals surface area contributed by atoms with Crippen LogP contribution in [0.15, 0.2) is 19.7 Å². The Hall–Kier alpha value is -2.74. The van der Waals surface area contributed by atoms with Crippen LogP contribution in [-0.2, 0) is 16.0 Å². The third kappa shape index (κ3) is 5.32. The SMILES string of the molecule is CSCC[C@@H](NC(=O)Cc1c(C)c2c(cc(C)c3c(C)c(C)oc32)oc1=O)C(=O)NCC(C)C. The molecule has 2 amide bonds. The van der Waals surface area contributed by atoms with Crippen LogP contribution >= 0.6 is 11.8 Å². The van der Waals surface area contributed by atoms with Crippen molar-refractivity contribution < 1.29 is 18.4 Å². The number of carbonyl (C=O) groups is 2. The molecule has 0 bridgehead atoms. The van der Waals surface area contributed by atoms with Gasteiger partial charge in [0.1, 0.15) is 23.0 Å². The van der Waals surface area contributed by atoms with Gasteiger partial charge in [-0.3, -0.25) is 9.59 Å². The van der Waals surface area contributed by atoms with E-state index < -0.39 is 17.6 Å². The molecule has 2 N–H and O–H groups in total. The van der Waals surface area contributed by atoms with Gasteiger partial charge in [-0.1, -0.05) is 13.8 Å². The van der Waals surface area contributed by atoms with Gasteiger partial charge in [0, 0.05) is 11.9 Å². The fourth-order valence-electron chi connectivity index (χ4n) is 4.17. The zero-order valence-corrected chi connectivity index (χ0v) is 21.8. The molecule has 184 valence electrons. The highest BCUT2D eigenvalue weighted by Crippen LogP contribution is 2.36. The summed E-state index contributed by atoms with van der Waals surface area (Å²) in [4.78, 5) is 38.4. The largest absolute Gasteiger partial charge is 0.460 e. The molecule has 2 aromatic heterocycles. The minimum absolute atomic E-state index is 0.175. The standard InChI is InChI=1S/C26H34N2O5S/c1-13(2)12-27-25(30)19(8-9-34-7)28-21(29)11-18-16(5)23-20(33-26(18)31)10-14(3)22-15(4)17(6)32-24(22)23/h10,13,19H,8-9,11-12H2,1-7H3,(H,27,30)(H,28,29)/t19-/m1/s1. The second-order valence-electron chi connectivity index (χ2n) is 9.26. The van der Waals surface area contributed by atoms with Gasteiger partial charge in [0.15, 0.2) is 0 Å². The van der Waals surface area contributed by atoms with Crippen molar-refractivity contribution in [1.82, 2.24) is 10.6 Å². The fourth-order valence-corrected chi connectivity index (χ4v) is 4.65. The molecule has 0 aliphatic rings. The number of nitrogens with one attached hydrogen (secondary N) is 2. The number of hydrogen-bond donors (Lipinski definition) is 2. The molecule has 3 aromatic rings. The second kappa shape index (κ2) is 10.7. The molecule has 1 aromatic carbocycles. The second-order valence-corrected chi connectivity index (χ2v) is 10.2. The molecule has 0 fully saturated rings. The molecule has 0 radical (unpaired) electrons. The average Bonchev–Trinajstić information content (AvgIpc) is 3.06. The quantitative estimate of drug-likeness (QED) is 0.437. The Morgan fingerprint density at radius 1 is 1.06 bits per heavy atom. The highest BCUT2D eigenvalue weighted by atomic mass is 32.2. The highest BCUT2D eigenvalue weighted by Gasteiger charge is 2.24. The Kier molecular flexibility index (Phi) is 8.13. The normalized spacial score (nSPS) is 12.5. The molecule has 0 unspecified atom stereocenters. The molecule has 0 aliphatic carbocycles. The van der Waals surface area contributed by atoms with E-state index in [0.717, 1.165) is 28.0 Å². The number of hydrogen-bond acceptors (Lipinski definition) is 6. The molecule has 2 heterocycles. The number of fused-ring (bicyclic) bond motifs is 3. The van der Waals surface area contributed by atoms with Gasteiger partial charge in [-0.25, -0.2) is 4.79 Å². The average molecular weight is 487 g/mol. The van der Waals surface area contributed by atoms with E-state index in [1.165, 1.54) is 0 Å². The summed E-state index contributed by atoms with van der Waals surface area (Å²) in [6, 6.07) is 1.19. The summed E-state index contributed by atoms with van der Waals surface area (Å²) in [6.45, 7) is 12.2. The van der Waals surface area contributed by atoms with E-state index in [2.05, 4.69) is 10.6 Å². The number of amides is 2. The molecular formula is C26H34N2O5S. The van der Waals surface area contributed by atoms with Gasteiger partial charge < -0.3 is 19.5 Å². The van der Waals surface area contributed by atoms with Crippen LogP contribution in [0.1, 0.15) is 48.3 Å². The Bertz CT molecular complexity index is 1290. The maximum absolute atomic E-state index is 12.9. The van der Waals surface area contributed by atoms with Gasteiger partial charge in [-0.05, 0) is 74.8 Å². The molecule has 3 rings (SSSR count). The van der Waals surface area contributed by atoms with Gasteiger partial charge in [-0.15, -0.1) is 0 Å². The van der Waals surface area contributed by atoms with Crippen molar-refractivity contribution in [2.45, 2.75) is 60.4 Å². The predicted octanol–water partition coefficient (Wildman–Crippen LogP) is 4.33. The van der Waals surface area contributed by atoms with Crippen molar-refractivity contribution in [2.75, 3.05) is 18.6 Å². The summed E-state index contributed by atoms with van der Waals surface area (Å²) >= 11 is 1.61. The first-order chi connectivity index (χ1) is 16.0. The first-order valence-electron chi connectivity index (χ1n) is 11.6. The number of benzene rings is 1. The third-order valence-electron chi connectivity index (χ3n) is 6.16. The summed E-state index contributed by atoms with van der Waals surface area (Å²) in [5, 5.41) is 7.40. The first-order valence-corrected chi connectivity index (χ1v) is 13.0. The van der Waals surface area contributed by atoms with E-state index in [0.29, 0.717) is 41.0 Å². The third-order valence-corrected chi connectivity index (χ3v) is 6.81. The number of thioether (sulfide) groups is 1. The lowest BCUT2D eigenvalue weighted by atomic mass is 9.98. The lowest BCUT2D eigenvalue weighted by molar-refractivity contribution is -0.128. The van der Waals surface area contributed by atoms with Crippen molar-refractivity contribution in [1.29, 1.82) is 0 Å². The van der Waals surface area contributed by atoms with E-state index in [4.69, 9.17) is 8.83 Å². The molecule has 0 aliphatic heterocycles. The van der Waals surface area contributed by atoms with E-state index in [1.54, 1.807) is 11.8 Å². The Morgan fingerprint density at radius 3 is 2.41 bits per heavy atom. The van der Waals surface area contributed by atoms with Gasteiger partial charge in [0.25, 0.3) is 0 Å². The van der Waals surface area contributed by atoms with Crippen LogP contribution in [0.4, 0.5) is 0 Å². The lowest BCUT2D eigenvalue weighted by Gasteiger charge is -2.19. The van der Waals surface area contributed by atoms with Crippen LogP contribution in [0.5, 0.6) is 0 Å². The fraction of sp³-hybridized carbons (Fsp3) is 0.500. The summed E-state index contributed by atoms with van der Waals surface area (Å²) < 4.78 is 11.7. The zero-order chi connectivity index (χ0) is 25.2. The van der Waals surface area contributed by atoms with E-state index in [1.807, 2.05) is 53.9 Å². The Labute approximate surface area is 204 Å². The van der Waals surface area contributed by atoms with Crippen LogP contribution in [-0.4, -0.2) is 36.4 Å². The molecule has 0 spiro atoms. The lowest BCUT2D eigenvalue weighted by Crippen LogP contribution is -2.48. The molecule has 34 heavy (non-hydrogen) atoms. The molecule has 0 saturated carbocycles. The molecular weight excluding hydrogens is 452 g/mol. The minimum Gasteiger partial charge on any atom is -0.460 e. The van der Waals surface area contributed by atoms with Crippen molar-refractivity contribution in [3.8, 4) is 0 Å². The molecule has 1 atom stereocenters. The Balaban J connectivity index is 1.94. The van der Waals surface area contributed by atoms with Crippen molar-refractivity contribution in [2.24, 2.45) is 5.92 Å². The number of carbonyl (C=O) groups excluding carboxylic acids is 2. The van der Waals surface area contributed by atoms with E-state index >= 15 is 0 Å². The van der Waals surface area contributed by atoms with Crippen LogP contribution in [0.25, 0.3) is 21.9 Å². The van der Waals surface area contributed by atoms with E-state index in [9.17, 15) is 14.4 Å². The van der Waals surface area contributed by atoms with E-state index in [-0.39, 0.29) is 17.9 Å². The van der Waals surface area contributed by atoms with Crippen molar-refractivity contribution >= 4 is 45.5 Å². The molecule has 8 heteroatoms. The van der Waals surface area contributed by atoms with Crippen LogP contribution < -0.4 is 16.3 Å².